The van der Waals surface area contributed by atoms with E-state index in [1.54, 1.807) is 0 Å². The van der Waals surface area contributed by atoms with Gasteiger partial charge in [0.25, 0.3) is 15.0 Å². The topological polar surface area (TPSA) is 79.0 Å². The van der Waals surface area contributed by atoms with Gasteiger partial charge in [-0.1, -0.05) is 12.8 Å². The van der Waals surface area contributed by atoms with Crippen LogP contribution in [0.5, 0.6) is 0 Å². The van der Waals surface area contributed by atoms with E-state index in [0.29, 0.717) is 6.54 Å². The smallest absolute Gasteiger partial charge is 0.267 e. The molecule has 1 aromatic heterocycles. The molecule has 0 unspecified atom stereocenters. The maximum atomic E-state index is 11.6. The predicted octanol–water partition coefficient (Wildman–Crippen LogP) is 1.47. The molecule has 1 fully saturated rings. The highest BCUT2D eigenvalue weighted by atomic mass is 35.7. The fourth-order valence-electron chi connectivity index (χ4n) is 1.54. The number of carbonyl (C=O) groups excluding carboxylic acids is 1. The molecule has 5 nitrogen and oxygen atoms in total. The SMILES string of the molecule is O=C(NCCC1CC1)c1cc(S(=O)(=O)Cl)c[nH]1. The summed E-state index contributed by atoms with van der Waals surface area (Å²) in [6.07, 6.45) is 4.67. The zero-order chi connectivity index (χ0) is 12.5. The first kappa shape index (κ1) is 12.4. The molecular weight excluding hydrogens is 264 g/mol. The number of hydrogen-bond donors (Lipinski definition) is 2. The number of aromatic amines is 1. The summed E-state index contributed by atoms with van der Waals surface area (Å²) in [5.41, 5.74) is 0.208. The number of nitrogens with one attached hydrogen (secondary N) is 2. The molecule has 2 N–H and O–H groups in total. The summed E-state index contributed by atoms with van der Waals surface area (Å²) in [7, 11) is 1.37. The van der Waals surface area contributed by atoms with Crippen molar-refractivity contribution >= 4 is 25.6 Å². The summed E-state index contributed by atoms with van der Waals surface area (Å²) in [5.74, 6) is 0.440. The van der Waals surface area contributed by atoms with Crippen LogP contribution in [0.25, 0.3) is 0 Å². The van der Waals surface area contributed by atoms with Gasteiger partial charge in [-0.15, -0.1) is 0 Å². The Bertz CT molecular complexity index is 519. The Kier molecular flexibility index (Phi) is 3.44. The van der Waals surface area contributed by atoms with Gasteiger partial charge in [-0.2, -0.15) is 0 Å². The van der Waals surface area contributed by atoms with Crippen molar-refractivity contribution in [3.05, 3.63) is 18.0 Å². The summed E-state index contributed by atoms with van der Waals surface area (Å²) < 4.78 is 22.0. The summed E-state index contributed by atoms with van der Waals surface area (Å²) >= 11 is 0. The Morgan fingerprint density at radius 1 is 1.53 bits per heavy atom. The van der Waals surface area contributed by atoms with Gasteiger partial charge in [0.1, 0.15) is 10.6 Å². The zero-order valence-electron chi connectivity index (χ0n) is 9.07. The minimum Gasteiger partial charge on any atom is -0.356 e. The van der Waals surface area contributed by atoms with E-state index >= 15 is 0 Å². The quantitative estimate of drug-likeness (QED) is 0.800. The number of rotatable bonds is 5. The molecule has 17 heavy (non-hydrogen) atoms. The van der Waals surface area contributed by atoms with Crippen LogP contribution in [0.1, 0.15) is 29.8 Å². The van der Waals surface area contributed by atoms with Gasteiger partial charge >= 0.3 is 0 Å². The second-order valence-corrected chi connectivity index (χ2v) is 6.74. The second kappa shape index (κ2) is 4.70. The van der Waals surface area contributed by atoms with Crippen LogP contribution in [0.4, 0.5) is 0 Å². The van der Waals surface area contributed by atoms with Gasteiger partial charge in [0.05, 0.1) is 0 Å². The van der Waals surface area contributed by atoms with E-state index in [-0.39, 0.29) is 16.5 Å². The largest absolute Gasteiger partial charge is 0.356 e. The minimum atomic E-state index is -3.78. The van der Waals surface area contributed by atoms with Gasteiger partial charge in [-0.3, -0.25) is 4.79 Å². The molecule has 1 amide bonds. The third kappa shape index (κ3) is 3.47. The Morgan fingerprint density at radius 3 is 2.76 bits per heavy atom. The molecule has 0 radical (unpaired) electrons. The maximum Gasteiger partial charge on any atom is 0.267 e. The van der Waals surface area contributed by atoms with Crippen LogP contribution in [0.2, 0.25) is 0 Å². The van der Waals surface area contributed by atoms with Crippen LogP contribution in [0.15, 0.2) is 17.2 Å². The van der Waals surface area contributed by atoms with Crippen LogP contribution < -0.4 is 5.32 Å². The highest BCUT2D eigenvalue weighted by Gasteiger charge is 2.21. The molecule has 1 aliphatic carbocycles. The third-order valence-corrected chi connectivity index (χ3v) is 4.05. The number of aromatic nitrogens is 1. The van der Waals surface area contributed by atoms with Gasteiger partial charge < -0.3 is 10.3 Å². The minimum absolute atomic E-state index is 0.0912. The zero-order valence-corrected chi connectivity index (χ0v) is 10.6. The van der Waals surface area contributed by atoms with Crippen molar-refractivity contribution in [3.63, 3.8) is 0 Å². The van der Waals surface area contributed by atoms with Crippen molar-refractivity contribution in [2.45, 2.75) is 24.2 Å². The standard InChI is InChI=1S/C10H13ClN2O3S/c11-17(15,16)8-5-9(13-6-8)10(14)12-4-3-7-1-2-7/h5-7,13H,1-4H2,(H,12,14). The van der Waals surface area contributed by atoms with Gasteiger partial charge in [-0.25, -0.2) is 8.42 Å². The normalized spacial score (nSPS) is 15.8. The van der Waals surface area contributed by atoms with Crippen molar-refractivity contribution in [2.75, 3.05) is 6.54 Å². The van der Waals surface area contributed by atoms with E-state index in [1.165, 1.54) is 25.1 Å². The van der Waals surface area contributed by atoms with Gasteiger partial charge in [-0.05, 0) is 18.4 Å². The summed E-state index contributed by atoms with van der Waals surface area (Å²) in [5, 5.41) is 2.73. The van der Waals surface area contributed by atoms with Crippen molar-refractivity contribution in [1.82, 2.24) is 10.3 Å². The third-order valence-electron chi connectivity index (χ3n) is 2.72. The first-order chi connectivity index (χ1) is 7.97. The lowest BCUT2D eigenvalue weighted by Gasteiger charge is -2.01. The fourth-order valence-corrected chi connectivity index (χ4v) is 2.26. The van der Waals surface area contributed by atoms with Gasteiger partial charge in [0.15, 0.2) is 0 Å². The maximum absolute atomic E-state index is 11.6. The van der Waals surface area contributed by atoms with Crippen molar-refractivity contribution in [3.8, 4) is 0 Å². The number of carbonyl (C=O) groups is 1. The molecule has 1 saturated carbocycles. The molecule has 1 aromatic rings. The summed E-state index contributed by atoms with van der Waals surface area (Å²) in [6, 6.07) is 1.23. The molecule has 0 saturated heterocycles. The molecular formula is C10H13ClN2O3S. The van der Waals surface area contributed by atoms with Crippen molar-refractivity contribution < 1.29 is 13.2 Å². The molecule has 0 atom stereocenters. The molecule has 1 aliphatic rings. The highest BCUT2D eigenvalue weighted by Crippen LogP contribution is 2.31. The van der Waals surface area contributed by atoms with Crippen LogP contribution in [0.3, 0.4) is 0 Å². The molecule has 0 spiro atoms. The Labute approximate surface area is 104 Å². The number of amides is 1. The molecule has 0 aliphatic heterocycles. The molecule has 2 rings (SSSR count). The Balaban J connectivity index is 1.91. The highest BCUT2D eigenvalue weighted by molar-refractivity contribution is 8.13. The van der Waals surface area contributed by atoms with Gasteiger partial charge in [0, 0.05) is 23.4 Å². The van der Waals surface area contributed by atoms with E-state index in [0.717, 1.165) is 12.3 Å². The summed E-state index contributed by atoms with van der Waals surface area (Å²) in [6.45, 7) is 0.617. The lowest BCUT2D eigenvalue weighted by Crippen LogP contribution is -2.24. The lowest BCUT2D eigenvalue weighted by atomic mass is 10.3. The number of H-pyrrole nitrogens is 1. The van der Waals surface area contributed by atoms with E-state index in [2.05, 4.69) is 10.3 Å². The number of halogens is 1. The molecule has 7 heteroatoms. The van der Waals surface area contributed by atoms with Gasteiger partial charge in [0.2, 0.25) is 0 Å². The van der Waals surface area contributed by atoms with E-state index < -0.39 is 9.05 Å². The van der Waals surface area contributed by atoms with Crippen LogP contribution >= 0.6 is 10.7 Å². The van der Waals surface area contributed by atoms with Crippen molar-refractivity contribution in [2.24, 2.45) is 5.92 Å². The fraction of sp³-hybridized carbons (Fsp3) is 0.500. The molecule has 0 aromatic carbocycles. The summed E-state index contributed by atoms with van der Waals surface area (Å²) in [4.78, 5) is 14.1. The molecule has 1 heterocycles. The lowest BCUT2D eigenvalue weighted by molar-refractivity contribution is 0.0948. The van der Waals surface area contributed by atoms with Crippen LogP contribution in [-0.4, -0.2) is 25.9 Å². The van der Waals surface area contributed by atoms with Crippen LogP contribution in [-0.2, 0) is 9.05 Å². The van der Waals surface area contributed by atoms with Crippen molar-refractivity contribution in [1.29, 1.82) is 0 Å². The Hall–Kier alpha value is -1.01. The Morgan fingerprint density at radius 2 is 2.24 bits per heavy atom. The van der Waals surface area contributed by atoms with E-state index in [1.807, 2.05) is 0 Å². The number of hydrogen-bond acceptors (Lipinski definition) is 3. The first-order valence-electron chi connectivity index (χ1n) is 5.38. The van der Waals surface area contributed by atoms with E-state index in [4.69, 9.17) is 10.7 Å². The van der Waals surface area contributed by atoms with Crippen LogP contribution in [0, 0.1) is 5.92 Å². The average Bonchev–Trinajstić information content (AvgIpc) is 2.91. The predicted molar refractivity (Wildman–Crippen MR) is 63.5 cm³/mol. The van der Waals surface area contributed by atoms with E-state index in [9.17, 15) is 13.2 Å². The first-order valence-corrected chi connectivity index (χ1v) is 7.69. The molecule has 0 bridgehead atoms. The average molecular weight is 277 g/mol. The molecule has 94 valence electrons. The second-order valence-electron chi connectivity index (χ2n) is 4.17. The monoisotopic (exact) mass is 276 g/mol.